The van der Waals surface area contributed by atoms with Crippen LogP contribution >= 0.6 is 0 Å². The molecule has 1 saturated heterocycles. The first-order valence-electron chi connectivity index (χ1n) is 8.09. The van der Waals surface area contributed by atoms with Crippen LogP contribution in [-0.4, -0.2) is 33.5 Å². The van der Waals surface area contributed by atoms with E-state index in [1.165, 1.54) is 11.6 Å². The summed E-state index contributed by atoms with van der Waals surface area (Å²) in [5, 5.41) is 10.8. The second kappa shape index (κ2) is 6.92. The molecule has 1 unspecified atom stereocenters. The lowest BCUT2D eigenvalue weighted by Crippen LogP contribution is -2.53. The third-order valence-electron chi connectivity index (χ3n) is 4.49. The maximum absolute atomic E-state index is 10.8. The van der Waals surface area contributed by atoms with Crippen molar-refractivity contribution in [3.05, 3.63) is 58.0 Å². The predicted molar refractivity (Wildman–Crippen MR) is 91.9 cm³/mol. The van der Waals surface area contributed by atoms with Gasteiger partial charge < -0.3 is 20.7 Å². The van der Waals surface area contributed by atoms with Gasteiger partial charge in [0, 0.05) is 36.6 Å². The molecule has 2 aromatic heterocycles. The van der Waals surface area contributed by atoms with Crippen molar-refractivity contribution in [1.29, 1.82) is 0 Å². The highest BCUT2D eigenvalue weighted by Gasteiger charge is 2.30. The van der Waals surface area contributed by atoms with Crippen LogP contribution < -0.4 is 10.6 Å². The zero-order valence-corrected chi connectivity index (χ0v) is 13.6. The summed E-state index contributed by atoms with van der Waals surface area (Å²) in [5.41, 5.74) is 9.45. The van der Waals surface area contributed by atoms with E-state index in [1.54, 1.807) is 12.3 Å². The van der Waals surface area contributed by atoms with Gasteiger partial charge in [-0.3, -0.25) is 4.98 Å². The minimum atomic E-state index is -0.483. The van der Waals surface area contributed by atoms with Gasteiger partial charge in [-0.05, 0) is 59.9 Å². The zero-order chi connectivity index (χ0) is 17.1. The van der Waals surface area contributed by atoms with Gasteiger partial charge in [0.15, 0.2) is 6.20 Å². The minimum Gasteiger partial charge on any atom is -0.364 e. The highest BCUT2D eigenvalue weighted by Crippen LogP contribution is 2.27. The number of rotatable bonds is 4. The fourth-order valence-corrected chi connectivity index (χ4v) is 3.30. The number of nitro groups is 1. The first kappa shape index (κ1) is 16.3. The summed E-state index contributed by atoms with van der Waals surface area (Å²) >= 11 is 0. The first-order valence-corrected chi connectivity index (χ1v) is 8.09. The van der Waals surface area contributed by atoms with Crippen LogP contribution in [0.4, 0.5) is 11.5 Å². The maximum Gasteiger partial charge on any atom is 0.363 e. The predicted octanol–water partition coefficient (Wildman–Crippen LogP) is 2.23. The molecule has 7 nitrogen and oxygen atoms in total. The number of nitrogens with two attached hydrogens (primary N) is 1. The van der Waals surface area contributed by atoms with Crippen LogP contribution in [0.15, 0.2) is 36.7 Å². The van der Waals surface area contributed by atoms with Crippen molar-refractivity contribution in [1.82, 2.24) is 9.97 Å². The molecule has 0 bridgehead atoms. The van der Waals surface area contributed by atoms with Crippen molar-refractivity contribution in [3.8, 4) is 0 Å². The molecule has 126 valence electrons. The number of hydrogen-bond acceptors (Lipinski definition) is 6. The molecule has 0 saturated carbocycles. The van der Waals surface area contributed by atoms with Crippen LogP contribution in [0.5, 0.6) is 0 Å². The molecule has 2 aromatic rings. The molecule has 0 spiro atoms. The third kappa shape index (κ3) is 3.51. The Labute approximate surface area is 140 Å². The van der Waals surface area contributed by atoms with E-state index < -0.39 is 4.92 Å². The second-order valence-electron chi connectivity index (χ2n) is 6.21. The smallest absolute Gasteiger partial charge is 0.363 e. The average molecular weight is 327 g/mol. The van der Waals surface area contributed by atoms with Crippen molar-refractivity contribution in [2.75, 3.05) is 11.4 Å². The number of nitrogens with zero attached hydrogens (tertiary/aromatic N) is 4. The Kier molecular flexibility index (Phi) is 4.71. The minimum absolute atomic E-state index is 0.0578. The van der Waals surface area contributed by atoms with E-state index in [1.807, 2.05) is 19.2 Å². The van der Waals surface area contributed by atoms with E-state index in [4.69, 9.17) is 5.73 Å². The normalized spacial score (nSPS) is 20.8. The Balaban J connectivity index is 1.84. The van der Waals surface area contributed by atoms with Crippen molar-refractivity contribution >= 4 is 11.5 Å². The zero-order valence-electron chi connectivity index (χ0n) is 13.6. The molecule has 0 aromatic carbocycles. The standard InChI is InChI=1S/C17H21N5O2/c1-12-9-13(6-7-19-12)10-16-15(18)3-2-8-21(16)14-4-5-17(20-11-14)22(23)24/h4-7,9,11,15-16H,2-3,8,10,18H2,1H3/t15-,16?/m0/s1. The lowest BCUT2D eigenvalue weighted by molar-refractivity contribution is -0.389. The SMILES string of the molecule is Cc1cc(CC2[C@@H](N)CCCN2c2ccc([N+](=O)[O-])nc2)ccn1. The highest BCUT2D eigenvalue weighted by molar-refractivity contribution is 5.49. The van der Waals surface area contributed by atoms with Gasteiger partial charge in [0.2, 0.25) is 0 Å². The van der Waals surface area contributed by atoms with Gasteiger partial charge in [0.25, 0.3) is 0 Å². The molecule has 0 amide bonds. The summed E-state index contributed by atoms with van der Waals surface area (Å²) < 4.78 is 0. The van der Waals surface area contributed by atoms with E-state index in [0.717, 1.165) is 37.2 Å². The largest absolute Gasteiger partial charge is 0.364 e. The molecule has 1 aliphatic rings. The molecule has 0 radical (unpaired) electrons. The Hall–Kier alpha value is -2.54. The molecular weight excluding hydrogens is 306 g/mol. The van der Waals surface area contributed by atoms with E-state index >= 15 is 0 Å². The molecule has 2 atom stereocenters. The molecule has 0 aliphatic carbocycles. The highest BCUT2D eigenvalue weighted by atomic mass is 16.6. The fraction of sp³-hybridized carbons (Fsp3) is 0.412. The van der Waals surface area contributed by atoms with Crippen LogP contribution in [0.2, 0.25) is 0 Å². The summed E-state index contributed by atoms with van der Waals surface area (Å²) in [4.78, 5) is 20.7. The van der Waals surface area contributed by atoms with Gasteiger partial charge in [-0.1, -0.05) is 0 Å². The Morgan fingerprint density at radius 2 is 2.21 bits per heavy atom. The summed E-state index contributed by atoms with van der Waals surface area (Å²) in [6, 6.07) is 7.50. The fourth-order valence-electron chi connectivity index (χ4n) is 3.30. The molecule has 3 heterocycles. The van der Waals surface area contributed by atoms with Crippen molar-refractivity contribution in [2.24, 2.45) is 5.73 Å². The Morgan fingerprint density at radius 1 is 1.38 bits per heavy atom. The average Bonchev–Trinajstić information content (AvgIpc) is 2.57. The van der Waals surface area contributed by atoms with Gasteiger partial charge in [0.1, 0.15) is 0 Å². The number of aromatic nitrogens is 2. The molecule has 1 fully saturated rings. The lowest BCUT2D eigenvalue weighted by Gasteiger charge is -2.41. The quantitative estimate of drug-likeness (QED) is 0.683. The Morgan fingerprint density at radius 3 is 2.88 bits per heavy atom. The molecule has 7 heteroatoms. The van der Waals surface area contributed by atoms with Crippen LogP contribution in [0, 0.1) is 17.0 Å². The van der Waals surface area contributed by atoms with Crippen LogP contribution in [0.1, 0.15) is 24.1 Å². The van der Waals surface area contributed by atoms with Gasteiger partial charge in [-0.25, -0.2) is 0 Å². The monoisotopic (exact) mass is 327 g/mol. The summed E-state index contributed by atoms with van der Waals surface area (Å²) in [5.74, 6) is -0.138. The number of pyridine rings is 2. The lowest BCUT2D eigenvalue weighted by atomic mass is 9.91. The molecular formula is C17H21N5O2. The van der Waals surface area contributed by atoms with Crippen molar-refractivity contribution in [2.45, 2.75) is 38.3 Å². The van der Waals surface area contributed by atoms with Gasteiger partial charge >= 0.3 is 5.82 Å². The van der Waals surface area contributed by atoms with Gasteiger partial charge in [-0.2, -0.15) is 0 Å². The van der Waals surface area contributed by atoms with Crippen molar-refractivity contribution < 1.29 is 4.92 Å². The van der Waals surface area contributed by atoms with Crippen LogP contribution in [0.3, 0.4) is 0 Å². The number of anilines is 1. The molecule has 2 N–H and O–H groups in total. The maximum atomic E-state index is 10.8. The van der Waals surface area contributed by atoms with Gasteiger partial charge in [-0.15, -0.1) is 0 Å². The summed E-state index contributed by atoms with van der Waals surface area (Å²) in [7, 11) is 0. The Bertz CT molecular complexity index is 719. The third-order valence-corrected chi connectivity index (χ3v) is 4.49. The number of aryl methyl sites for hydroxylation is 1. The molecule has 3 rings (SSSR count). The number of piperidine rings is 1. The summed E-state index contributed by atoms with van der Waals surface area (Å²) in [6.45, 7) is 2.85. The second-order valence-corrected chi connectivity index (χ2v) is 6.21. The first-order chi connectivity index (χ1) is 11.5. The molecule has 24 heavy (non-hydrogen) atoms. The van der Waals surface area contributed by atoms with E-state index in [0.29, 0.717) is 0 Å². The van der Waals surface area contributed by atoms with E-state index in [-0.39, 0.29) is 17.9 Å². The molecule has 1 aliphatic heterocycles. The van der Waals surface area contributed by atoms with Crippen molar-refractivity contribution in [3.63, 3.8) is 0 Å². The van der Waals surface area contributed by atoms with E-state index in [9.17, 15) is 10.1 Å². The number of hydrogen-bond donors (Lipinski definition) is 1. The van der Waals surface area contributed by atoms with Gasteiger partial charge in [0.05, 0.1) is 5.69 Å². The van der Waals surface area contributed by atoms with Crippen LogP contribution in [-0.2, 0) is 6.42 Å². The van der Waals surface area contributed by atoms with Crippen LogP contribution in [0.25, 0.3) is 0 Å². The summed E-state index contributed by atoms with van der Waals surface area (Å²) in [6.07, 6.45) is 6.19. The topological polar surface area (TPSA) is 98.2 Å². The van der Waals surface area contributed by atoms with E-state index in [2.05, 4.69) is 20.9 Å².